The Labute approximate surface area is 137 Å². The van der Waals surface area contributed by atoms with E-state index in [4.69, 9.17) is 4.74 Å². The summed E-state index contributed by atoms with van der Waals surface area (Å²) in [6, 6.07) is 5.47. The second-order valence-corrected chi connectivity index (χ2v) is 7.91. The van der Waals surface area contributed by atoms with Gasteiger partial charge in [0.25, 0.3) is 0 Å². The average molecular weight is 344 g/mol. The van der Waals surface area contributed by atoms with E-state index in [0.29, 0.717) is 0 Å². The Bertz CT molecular complexity index is 620. The summed E-state index contributed by atoms with van der Waals surface area (Å²) in [5.41, 5.74) is 0.287. The molecule has 1 rings (SSSR count). The molecule has 0 aliphatic carbocycles. The molecule has 0 radical (unpaired) electrons. The number of hydrogen-bond acceptors (Lipinski definition) is 5. The lowest BCUT2D eigenvalue weighted by atomic mass is 10.2. The zero-order chi connectivity index (χ0) is 17.7. The molecule has 1 aromatic carbocycles. The lowest BCUT2D eigenvalue weighted by molar-refractivity contribution is 0.0519. The summed E-state index contributed by atoms with van der Waals surface area (Å²) in [6.45, 7) is 6.46. The highest BCUT2D eigenvalue weighted by atomic mass is 32.2. The van der Waals surface area contributed by atoms with Crippen molar-refractivity contribution in [3.05, 3.63) is 29.8 Å². The van der Waals surface area contributed by atoms with Crippen molar-refractivity contribution in [2.45, 2.75) is 44.2 Å². The molecule has 7 nitrogen and oxygen atoms in total. The van der Waals surface area contributed by atoms with E-state index in [2.05, 4.69) is 10.0 Å². The standard InChI is InChI=1S/C15H24N2O5S/c1-11-5-7-13(8-6-11)23(20,21)17-12(10-18)9-16-14(19)22-15(2,3)4/h5-8,12,17-18H,9-10H2,1-4H3,(H,16,19)/t12-/m0/s1. The van der Waals surface area contributed by atoms with Crippen LogP contribution in [0.5, 0.6) is 0 Å². The zero-order valence-corrected chi connectivity index (χ0v) is 14.6. The zero-order valence-electron chi connectivity index (χ0n) is 13.8. The second-order valence-electron chi connectivity index (χ2n) is 6.20. The molecule has 0 saturated carbocycles. The Hall–Kier alpha value is -1.64. The van der Waals surface area contributed by atoms with Crippen LogP contribution in [0.4, 0.5) is 4.79 Å². The molecule has 23 heavy (non-hydrogen) atoms. The molecule has 1 aromatic rings. The van der Waals surface area contributed by atoms with Crippen LogP contribution < -0.4 is 10.0 Å². The maximum absolute atomic E-state index is 12.2. The summed E-state index contributed by atoms with van der Waals surface area (Å²) >= 11 is 0. The third kappa shape index (κ3) is 6.98. The van der Waals surface area contributed by atoms with E-state index in [1.165, 1.54) is 12.1 Å². The average Bonchev–Trinajstić information content (AvgIpc) is 2.42. The van der Waals surface area contributed by atoms with E-state index in [1.807, 2.05) is 6.92 Å². The van der Waals surface area contributed by atoms with Crippen molar-refractivity contribution in [2.75, 3.05) is 13.2 Å². The van der Waals surface area contributed by atoms with Gasteiger partial charge in [-0.05, 0) is 39.8 Å². The molecular weight excluding hydrogens is 320 g/mol. The minimum absolute atomic E-state index is 0.0868. The number of hydrogen-bond donors (Lipinski definition) is 3. The van der Waals surface area contributed by atoms with Gasteiger partial charge in [0.05, 0.1) is 17.5 Å². The first-order valence-corrected chi connectivity index (χ1v) is 8.68. The third-order valence-corrected chi connectivity index (χ3v) is 4.30. The number of aliphatic hydroxyl groups excluding tert-OH is 1. The minimum Gasteiger partial charge on any atom is -0.444 e. The van der Waals surface area contributed by atoms with Crippen molar-refractivity contribution in [3.8, 4) is 0 Å². The fourth-order valence-corrected chi connectivity index (χ4v) is 2.90. The molecule has 0 bridgehead atoms. The van der Waals surface area contributed by atoms with Gasteiger partial charge in [-0.25, -0.2) is 17.9 Å². The topological polar surface area (TPSA) is 105 Å². The van der Waals surface area contributed by atoms with Gasteiger partial charge in [-0.1, -0.05) is 17.7 Å². The predicted molar refractivity (Wildman–Crippen MR) is 86.6 cm³/mol. The van der Waals surface area contributed by atoms with Crippen molar-refractivity contribution in [1.82, 2.24) is 10.0 Å². The quantitative estimate of drug-likeness (QED) is 0.718. The van der Waals surface area contributed by atoms with Crippen LogP contribution >= 0.6 is 0 Å². The normalized spacial score (nSPS) is 13.4. The molecule has 0 heterocycles. The molecule has 1 amide bonds. The number of alkyl carbamates (subject to hydrolysis) is 1. The minimum atomic E-state index is -3.77. The number of amides is 1. The second kappa shape index (κ2) is 7.76. The SMILES string of the molecule is Cc1ccc(S(=O)(=O)N[C@H](CO)CNC(=O)OC(C)(C)C)cc1. The van der Waals surface area contributed by atoms with Crippen LogP contribution in [0.1, 0.15) is 26.3 Å². The smallest absolute Gasteiger partial charge is 0.407 e. The van der Waals surface area contributed by atoms with Gasteiger partial charge >= 0.3 is 6.09 Å². The Morgan fingerprint density at radius 3 is 2.30 bits per heavy atom. The van der Waals surface area contributed by atoms with Crippen molar-refractivity contribution in [1.29, 1.82) is 0 Å². The Morgan fingerprint density at radius 2 is 1.83 bits per heavy atom. The first-order valence-electron chi connectivity index (χ1n) is 7.20. The van der Waals surface area contributed by atoms with Crippen LogP contribution in [0.3, 0.4) is 0 Å². The maximum atomic E-state index is 12.2. The van der Waals surface area contributed by atoms with Gasteiger partial charge in [0.1, 0.15) is 5.60 Å². The number of aliphatic hydroxyl groups is 1. The summed E-state index contributed by atoms with van der Waals surface area (Å²) in [7, 11) is -3.77. The summed E-state index contributed by atoms with van der Waals surface area (Å²) in [6.07, 6.45) is -0.675. The fraction of sp³-hybridized carbons (Fsp3) is 0.533. The van der Waals surface area contributed by atoms with Crippen molar-refractivity contribution < 1.29 is 23.1 Å². The van der Waals surface area contributed by atoms with E-state index in [1.54, 1.807) is 32.9 Å². The molecule has 0 aliphatic heterocycles. The van der Waals surface area contributed by atoms with E-state index in [-0.39, 0.29) is 11.4 Å². The fourth-order valence-electron chi connectivity index (χ4n) is 1.67. The number of nitrogens with one attached hydrogen (secondary N) is 2. The van der Waals surface area contributed by atoms with E-state index in [9.17, 15) is 18.3 Å². The number of rotatable bonds is 6. The summed E-state index contributed by atoms with van der Waals surface area (Å²) in [5, 5.41) is 11.7. The van der Waals surface area contributed by atoms with Crippen molar-refractivity contribution in [3.63, 3.8) is 0 Å². The highest BCUT2D eigenvalue weighted by Gasteiger charge is 2.21. The Balaban J connectivity index is 2.65. The van der Waals surface area contributed by atoms with Gasteiger partial charge in [0, 0.05) is 6.54 Å². The molecule has 0 saturated heterocycles. The first kappa shape index (κ1) is 19.4. The lowest BCUT2D eigenvalue weighted by Gasteiger charge is -2.21. The number of carbonyl (C=O) groups is 1. The summed E-state index contributed by atoms with van der Waals surface area (Å²) in [4.78, 5) is 11.7. The molecule has 130 valence electrons. The largest absolute Gasteiger partial charge is 0.444 e. The first-order chi connectivity index (χ1) is 10.5. The number of sulfonamides is 1. The van der Waals surface area contributed by atoms with Crippen LogP contribution in [-0.2, 0) is 14.8 Å². The number of benzene rings is 1. The summed E-state index contributed by atoms with van der Waals surface area (Å²) < 4.78 is 31.8. The van der Waals surface area contributed by atoms with E-state index >= 15 is 0 Å². The molecular formula is C15H24N2O5S. The molecule has 0 aliphatic rings. The molecule has 0 aromatic heterocycles. The number of carbonyl (C=O) groups excluding carboxylic acids is 1. The lowest BCUT2D eigenvalue weighted by Crippen LogP contribution is -2.46. The maximum Gasteiger partial charge on any atom is 0.407 e. The predicted octanol–water partition coefficient (Wildman–Crippen LogP) is 1.16. The monoisotopic (exact) mass is 344 g/mol. The number of ether oxygens (including phenoxy) is 1. The highest BCUT2D eigenvalue weighted by molar-refractivity contribution is 7.89. The molecule has 0 spiro atoms. The Morgan fingerprint density at radius 1 is 1.26 bits per heavy atom. The van der Waals surface area contributed by atoms with Gasteiger partial charge in [-0.15, -0.1) is 0 Å². The Kier molecular flexibility index (Phi) is 6.55. The van der Waals surface area contributed by atoms with Gasteiger partial charge in [0.15, 0.2) is 0 Å². The van der Waals surface area contributed by atoms with E-state index < -0.39 is 34.4 Å². The molecule has 3 N–H and O–H groups in total. The van der Waals surface area contributed by atoms with Crippen molar-refractivity contribution in [2.24, 2.45) is 0 Å². The third-order valence-electron chi connectivity index (χ3n) is 2.77. The van der Waals surface area contributed by atoms with Crippen LogP contribution in [-0.4, -0.2) is 44.4 Å². The number of aryl methyl sites for hydroxylation is 1. The molecule has 1 atom stereocenters. The molecule has 0 unspecified atom stereocenters. The molecule has 8 heteroatoms. The van der Waals surface area contributed by atoms with Crippen LogP contribution in [0.15, 0.2) is 29.2 Å². The highest BCUT2D eigenvalue weighted by Crippen LogP contribution is 2.10. The van der Waals surface area contributed by atoms with Gasteiger partial charge in [-0.2, -0.15) is 0 Å². The summed E-state index contributed by atoms with van der Waals surface area (Å²) in [5.74, 6) is 0. The van der Waals surface area contributed by atoms with E-state index in [0.717, 1.165) is 5.56 Å². The van der Waals surface area contributed by atoms with Crippen molar-refractivity contribution >= 4 is 16.1 Å². The van der Waals surface area contributed by atoms with Gasteiger partial charge < -0.3 is 15.2 Å². The molecule has 0 fully saturated rings. The van der Waals surface area contributed by atoms with Crippen LogP contribution in [0.25, 0.3) is 0 Å². The van der Waals surface area contributed by atoms with Crippen LogP contribution in [0.2, 0.25) is 0 Å². The van der Waals surface area contributed by atoms with Gasteiger partial charge in [0.2, 0.25) is 10.0 Å². The van der Waals surface area contributed by atoms with Gasteiger partial charge in [-0.3, -0.25) is 0 Å². The van der Waals surface area contributed by atoms with Crippen LogP contribution in [0, 0.1) is 6.92 Å².